The van der Waals surface area contributed by atoms with Crippen LogP contribution in [-0.2, 0) is 14.2 Å². The van der Waals surface area contributed by atoms with E-state index in [2.05, 4.69) is 6.92 Å². The molecule has 1 rings (SSSR count). The Kier molecular flexibility index (Phi) is 2.52. The Morgan fingerprint density at radius 1 is 1.45 bits per heavy atom. The fraction of sp³-hybridized carbons (Fsp3) is 1.00. The second-order valence-electron chi connectivity index (χ2n) is 3.24. The topological polar surface area (TPSA) is 27.7 Å². The number of ether oxygens (including phenoxy) is 3. The lowest BCUT2D eigenvalue weighted by Gasteiger charge is -2.21. The minimum Gasteiger partial charge on any atom is -0.355 e. The van der Waals surface area contributed by atoms with Crippen molar-refractivity contribution in [3.63, 3.8) is 0 Å². The van der Waals surface area contributed by atoms with Gasteiger partial charge in [-0.3, -0.25) is 0 Å². The van der Waals surface area contributed by atoms with Crippen molar-refractivity contribution in [2.75, 3.05) is 14.2 Å². The Hall–Kier alpha value is -0.120. The van der Waals surface area contributed by atoms with Gasteiger partial charge >= 0.3 is 0 Å². The molecule has 0 aliphatic carbocycles. The molecule has 0 N–H and O–H groups in total. The molecular formula is C8H16O3. The first-order valence-electron chi connectivity index (χ1n) is 3.87. The van der Waals surface area contributed by atoms with Crippen LogP contribution < -0.4 is 0 Å². The van der Waals surface area contributed by atoms with Crippen molar-refractivity contribution in [1.29, 1.82) is 0 Å². The van der Waals surface area contributed by atoms with Gasteiger partial charge in [0.2, 0.25) is 0 Å². The van der Waals surface area contributed by atoms with Crippen LogP contribution in [0.2, 0.25) is 0 Å². The lowest BCUT2D eigenvalue weighted by Crippen LogP contribution is -2.27. The third-order valence-corrected chi connectivity index (χ3v) is 2.19. The Labute approximate surface area is 67.6 Å². The first-order valence-corrected chi connectivity index (χ1v) is 3.87. The molecule has 66 valence electrons. The van der Waals surface area contributed by atoms with Gasteiger partial charge in [-0.05, 0) is 6.92 Å². The molecule has 0 spiro atoms. The molecule has 0 bridgehead atoms. The van der Waals surface area contributed by atoms with Crippen molar-refractivity contribution >= 4 is 0 Å². The van der Waals surface area contributed by atoms with Gasteiger partial charge in [0.25, 0.3) is 0 Å². The zero-order chi connectivity index (χ0) is 8.48. The summed E-state index contributed by atoms with van der Waals surface area (Å²) in [5.41, 5.74) is 0. The molecule has 0 amide bonds. The molecule has 3 heteroatoms. The predicted molar refractivity (Wildman–Crippen MR) is 41.1 cm³/mol. The molecule has 1 fully saturated rings. The molecule has 1 aliphatic heterocycles. The summed E-state index contributed by atoms with van der Waals surface area (Å²) in [5, 5.41) is 0. The van der Waals surface area contributed by atoms with Crippen molar-refractivity contribution in [1.82, 2.24) is 0 Å². The van der Waals surface area contributed by atoms with Crippen LogP contribution in [0.4, 0.5) is 0 Å². The third kappa shape index (κ3) is 1.72. The minimum absolute atomic E-state index is 0.111. The van der Waals surface area contributed by atoms with E-state index < -0.39 is 5.79 Å². The molecule has 1 aliphatic rings. The summed E-state index contributed by atoms with van der Waals surface area (Å²) >= 11 is 0. The van der Waals surface area contributed by atoms with E-state index in [4.69, 9.17) is 14.2 Å². The van der Waals surface area contributed by atoms with Crippen LogP contribution in [0.3, 0.4) is 0 Å². The van der Waals surface area contributed by atoms with E-state index in [-0.39, 0.29) is 6.29 Å². The minimum atomic E-state index is -0.444. The zero-order valence-electron chi connectivity index (χ0n) is 7.59. The van der Waals surface area contributed by atoms with Gasteiger partial charge in [-0.25, -0.2) is 0 Å². The van der Waals surface area contributed by atoms with E-state index >= 15 is 0 Å². The van der Waals surface area contributed by atoms with E-state index in [0.29, 0.717) is 5.92 Å². The molecule has 3 nitrogen and oxygen atoms in total. The van der Waals surface area contributed by atoms with Crippen LogP contribution in [0, 0.1) is 5.92 Å². The molecule has 0 aromatic carbocycles. The summed E-state index contributed by atoms with van der Waals surface area (Å²) in [6.07, 6.45) is 0.780. The van der Waals surface area contributed by atoms with Gasteiger partial charge in [0.15, 0.2) is 12.1 Å². The Balaban J connectivity index is 2.55. The van der Waals surface area contributed by atoms with Gasteiger partial charge in [-0.2, -0.15) is 0 Å². The van der Waals surface area contributed by atoms with Crippen molar-refractivity contribution < 1.29 is 14.2 Å². The van der Waals surface area contributed by atoms with Gasteiger partial charge in [-0.15, -0.1) is 0 Å². The smallest absolute Gasteiger partial charge is 0.168 e. The van der Waals surface area contributed by atoms with Gasteiger partial charge in [0, 0.05) is 26.6 Å². The summed E-state index contributed by atoms with van der Waals surface area (Å²) in [7, 11) is 3.31. The van der Waals surface area contributed by atoms with Gasteiger partial charge in [-0.1, -0.05) is 6.92 Å². The van der Waals surface area contributed by atoms with E-state index in [0.717, 1.165) is 6.42 Å². The molecule has 0 aromatic heterocycles. The van der Waals surface area contributed by atoms with Gasteiger partial charge in [0.1, 0.15) is 0 Å². The van der Waals surface area contributed by atoms with Crippen LogP contribution in [0.25, 0.3) is 0 Å². The number of hydrogen-bond acceptors (Lipinski definition) is 3. The summed E-state index contributed by atoms with van der Waals surface area (Å²) in [4.78, 5) is 0. The lowest BCUT2D eigenvalue weighted by molar-refractivity contribution is -0.248. The molecule has 1 saturated heterocycles. The molecule has 1 heterocycles. The van der Waals surface area contributed by atoms with Crippen LogP contribution >= 0.6 is 0 Å². The molecule has 11 heavy (non-hydrogen) atoms. The maximum absolute atomic E-state index is 5.52. The van der Waals surface area contributed by atoms with Crippen molar-refractivity contribution in [2.24, 2.45) is 5.92 Å². The highest BCUT2D eigenvalue weighted by Gasteiger charge is 2.41. The maximum atomic E-state index is 5.52. The first kappa shape index (κ1) is 8.97. The highest BCUT2D eigenvalue weighted by molar-refractivity contribution is 4.77. The monoisotopic (exact) mass is 160 g/mol. The van der Waals surface area contributed by atoms with E-state index in [1.165, 1.54) is 0 Å². The second-order valence-corrected chi connectivity index (χ2v) is 3.24. The molecule has 0 saturated carbocycles. The van der Waals surface area contributed by atoms with Gasteiger partial charge in [0.05, 0.1) is 0 Å². The Morgan fingerprint density at radius 2 is 2.09 bits per heavy atom. The van der Waals surface area contributed by atoms with Crippen LogP contribution in [-0.4, -0.2) is 26.3 Å². The first-order chi connectivity index (χ1) is 5.11. The number of rotatable bonds is 2. The molecule has 3 atom stereocenters. The van der Waals surface area contributed by atoms with Crippen LogP contribution in [0.5, 0.6) is 0 Å². The number of methoxy groups -OCH3 is 2. The molecule has 0 radical (unpaired) electrons. The summed E-state index contributed by atoms with van der Waals surface area (Å²) in [6, 6.07) is 0. The predicted octanol–water partition coefficient (Wildman–Crippen LogP) is 1.38. The average Bonchev–Trinajstić information content (AvgIpc) is 2.27. The van der Waals surface area contributed by atoms with Crippen molar-refractivity contribution in [3.05, 3.63) is 0 Å². The average molecular weight is 160 g/mol. The molecule has 0 aromatic rings. The van der Waals surface area contributed by atoms with Crippen LogP contribution in [0.1, 0.15) is 20.3 Å². The SMILES string of the molecule is COC1OC(C)(OC)CC1C. The number of hydrogen-bond donors (Lipinski definition) is 0. The standard InChI is InChI=1S/C8H16O3/c1-6-5-8(2,10-4)11-7(6)9-3/h6-7H,5H2,1-4H3. The van der Waals surface area contributed by atoms with Crippen LogP contribution in [0.15, 0.2) is 0 Å². The highest BCUT2D eigenvalue weighted by atomic mass is 16.8. The Bertz CT molecular complexity index is 137. The molecule has 3 unspecified atom stereocenters. The van der Waals surface area contributed by atoms with E-state index in [9.17, 15) is 0 Å². The van der Waals surface area contributed by atoms with E-state index in [1.54, 1.807) is 14.2 Å². The normalized spacial score (nSPS) is 44.7. The Morgan fingerprint density at radius 3 is 2.36 bits per heavy atom. The summed E-state index contributed by atoms with van der Waals surface area (Å²) in [5.74, 6) is -0.0370. The zero-order valence-corrected chi connectivity index (χ0v) is 7.59. The van der Waals surface area contributed by atoms with Crippen molar-refractivity contribution in [3.8, 4) is 0 Å². The maximum Gasteiger partial charge on any atom is 0.168 e. The van der Waals surface area contributed by atoms with Crippen molar-refractivity contribution in [2.45, 2.75) is 32.3 Å². The fourth-order valence-electron chi connectivity index (χ4n) is 1.50. The molecular weight excluding hydrogens is 144 g/mol. The third-order valence-electron chi connectivity index (χ3n) is 2.19. The second kappa shape index (κ2) is 3.09. The summed E-state index contributed by atoms with van der Waals surface area (Å²) in [6.45, 7) is 4.03. The fourth-order valence-corrected chi connectivity index (χ4v) is 1.50. The highest BCUT2D eigenvalue weighted by Crippen LogP contribution is 2.35. The van der Waals surface area contributed by atoms with E-state index in [1.807, 2.05) is 6.92 Å². The quantitative estimate of drug-likeness (QED) is 0.610. The summed E-state index contributed by atoms with van der Waals surface area (Å²) < 4.78 is 15.8. The van der Waals surface area contributed by atoms with Gasteiger partial charge < -0.3 is 14.2 Å². The lowest BCUT2D eigenvalue weighted by atomic mass is 10.1. The largest absolute Gasteiger partial charge is 0.355 e.